The van der Waals surface area contributed by atoms with Gasteiger partial charge in [0.15, 0.2) is 5.96 Å². The Morgan fingerprint density at radius 3 is 2.42 bits per heavy atom. The number of nitrogens with one attached hydrogen (secondary N) is 2. The number of hydrogen-bond donors (Lipinski definition) is 2. The summed E-state index contributed by atoms with van der Waals surface area (Å²) in [6.45, 7) is 6.19. The van der Waals surface area contributed by atoms with Gasteiger partial charge in [-0.05, 0) is 43.9 Å². The molecule has 0 atom stereocenters. The highest BCUT2D eigenvalue weighted by molar-refractivity contribution is 14.0. The monoisotopic (exact) mass is 469 g/mol. The van der Waals surface area contributed by atoms with Gasteiger partial charge in [-0.3, -0.25) is 4.99 Å². The van der Waals surface area contributed by atoms with Crippen molar-refractivity contribution in [1.82, 2.24) is 20.4 Å². The van der Waals surface area contributed by atoms with Gasteiger partial charge in [0.25, 0.3) is 0 Å². The molecule has 0 amide bonds. The van der Waals surface area contributed by atoms with Crippen molar-refractivity contribution in [2.45, 2.75) is 46.0 Å². The molecule has 2 rings (SSSR count). The molecule has 5 nitrogen and oxygen atoms in total. The summed E-state index contributed by atoms with van der Waals surface area (Å²) in [6, 6.07) is 10.2. The van der Waals surface area contributed by atoms with Crippen LogP contribution in [0, 0.1) is 6.92 Å². The van der Waals surface area contributed by atoms with Crippen LogP contribution >= 0.6 is 24.0 Å². The number of hydrogen-bond acceptors (Lipinski definition) is 2. The Kier molecular flexibility index (Phi) is 11.0. The van der Waals surface area contributed by atoms with Crippen molar-refractivity contribution in [2.24, 2.45) is 4.99 Å². The zero-order valence-electron chi connectivity index (χ0n) is 16.2. The minimum Gasteiger partial charge on any atom is -0.356 e. The number of para-hydroxylation sites is 1. The molecule has 0 bridgehead atoms. The van der Waals surface area contributed by atoms with Crippen LogP contribution in [0.3, 0.4) is 0 Å². The number of benzene rings is 1. The van der Waals surface area contributed by atoms with Crippen LogP contribution < -0.4 is 10.6 Å². The highest BCUT2D eigenvalue weighted by atomic mass is 127. The molecule has 0 aliphatic heterocycles. The van der Waals surface area contributed by atoms with E-state index < -0.39 is 0 Å². The van der Waals surface area contributed by atoms with E-state index in [1.165, 1.54) is 24.8 Å². The second-order valence-electron chi connectivity index (χ2n) is 6.26. The molecule has 0 unspecified atom stereocenters. The van der Waals surface area contributed by atoms with Gasteiger partial charge in [0.1, 0.15) is 0 Å². The van der Waals surface area contributed by atoms with Crippen molar-refractivity contribution in [3.63, 3.8) is 0 Å². The maximum atomic E-state index is 4.63. The molecule has 2 N–H and O–H groups in total. The fourth-order valence-corrected chi connectivity index (χ4v) is 2.74. The summed E-state index contributed by atoms with van der Waals surface area (Å²) in [4.78, 5) is 4.27. The van der Waals surface area contributed by atoms with Crippen LogP contribution in [0.15, 0.2) is 41.5 Å². The molecule has 26 heavy (non-hydrogen) atoms. The molecule has 0 aliphatic rings. The Balaban J connectivity index is 0.00000338. The first-order valence-corrected chi connectivity index (χ1v) is 9.29. The van der Waals surface area contributed by atoms with Crippen molar-refractivity contribution in [2.75, 3.05) is 20.1 Å². The number of rotatable bonds is 9. The summed E-state index contributed by atoms with van der Waals surface area (Å²) < 4.78 is 1.96. The van der Waals surface area contributed by atoms with Crippen molar-refractivity contribution in [3.8, 4) is 5.69 Å². The third-order valence-corrected chi connectivity index (χ3v) is 4.23. The lowest BCUT2D eigenvalue weighted by atomic mass is 10.1. The fourth-order valence-electron chi connectivity index (χ4n) is 2.74. The lowest BCUT2D eigenvalue weighted by molar-refractivity contribution is 0.676. The topological polar surface area (TPSA) is 54.2 Å². The molecule has 0 saturated carbocycles. The Hall–Kier alpha value is -1.57. The quantitative estimate of drug-likeness (QED) is 0.252. The van der Waals surface area contributed by atoms with E-state index in [-0.39, 0.29) is 24.0 Å². The molecular weight excluding hydrogens is 437 g/mol. The number of aryl methyl sites for hydroxylation is 2. The average Bonchev–Trinajstić information content (AvgIpc) is 3.02. The van der Waals surface area contributed by atoms with Gasteiger partial charge in [-0.25, -0.2) is 4.68 Å². The predicted molar refractivity (Wildman–Crippen MR) is 121 cm³/mol. The van der Waals surface area contributed by atoms with Crippen molar-refractivity contribution >= 4 is 29.9 Å². The van der Waals surface area contributed by atoms with E-state index in [1.807, 2.05) is 29.9 Å². The minimum absolute atomic E-state index is 0. The van der Waals surface area contributed by atoms with E-state index in [0.717, 1.165) is 43.3 Å². The molecule has 144 valence electrons. The van der Waals surface area contributed by atoms with Gasteiger partial charge in [-0.1, -0.05) is 38.0 Å². The zero-order chi connectivity index (χ0) is 17.9. The zero-order valence-corrected chi connectivity index (χ0v) is 18.5. The minimum atomic E-state index is 0. The van der Waals surface area contributed by atoms with Gasteiger partial charge < -0.3 is 10.6 Å². The first kappa shape index (κ1) is 22.5. The van der Waals surface area contributed by atoms with Gasteiger partial charge in [0, 0.05) is 26.3 Å². The second kappa shape index (κ2) is 12.7. The van der Waals surface area contributed by atoms with Gasteiger partial charge in [0.2, 0.25) is 0 Å². The maximum Gasteiger partial charge on any atom is 0.190 e. The molecule has 1 aromatic carbocycles. The van der Waals surface area contributed by atoms with Crippen LogP contribution in [0.5, 0.6) is 0 Å². The maximum absolute atomic E-state index is 4.63. The Bertz CT molecular complexity index is 651. The lowest BCUT2D eigenvalue weighted by Gasteiger charge is -2.11. The molecule has 0 radical (unpaired) electrons. The Morgan fingerprint density at radius 2 is 1.77 bits per heavy atom. The normalized spacial score (nSPS) is 11.1. The van der Waals surface area contributed by atoms with Gasteiger partial charge >= 0.3 is 0 Å². The molecular formula is C20H32IN5. The first-order chi connectivity index (χ1) is 12.2. The van der Waals surface area contributed by atoms with Gasteiger partial charge in [-0.2, -0.15) is 5.10 Å². The van der Waals surface area contributed by atoms with Gasteiger partial charge in [-0.15, -0.1) is 24.0 Å². The third-order valence-electron chi connectivity index (χ3n) is 4.23. The molecule has 0 aliphatic carbocycles. The van der Waals surface area contributed by atoms with Crippen LogP contribution in [-0.4, -0.2) is 35.9 Å². The van der Waals surface area contributed by atoms with E-state index >= 15 is 0 Å². The summed E-state index contributed by atoms with van der Waals surface area (Å²) in [5, 5.41) is 11.4. The molecule has 6 heteroatoms. The number of guanidine groups is 1. The SMILES string of the molecule is CCCCCNC(=NC)NCCCc1cn(-c2ccccc2)nc1C.I. The summed E-state index contributed by atoms with van der Waals surface area (Å²) in [7, 11) is 1.82. The number of halogens is 1. The van der Waals surface area contributed by atoms with E-state index in [0.29, 0.717) is 0 Å². The molecule has 1 aromatic heterocycles. The molecule has 0 saturated heterocycles. The summed E-state index contributed by atoms with van der Waals surface area (Å²) in [6.07, 6.45) is 7.89. The van der Waals surface area contributed by atoms with Crippen molar-refractivity contribution < 1.29 is 0 Å². The highest BCUT2D eigenvalue weighted by Gasteiger charge is 2.06. The van der Waals surface area contributed by atoms with E-state index in [4.69, 9.17) is 0 Å². The molecule has 0 spiro atoms. The molecule has 0 fully saturated rings. The first-order valence-electron chi connectivity index (χ1n) is 9.29. The smallest absolute Gasteiger partial charge is 0.190 e. The molecule has 2 aromatic rings. The summed E-state index contributed by atoms with van der Waals surface area (Å²) in [5.74, 6) is 0.896. The summed E-state index contributed by atoms with van der Waals surface area (Å²) >= 11 is 0. The number of aliphatic imine (C=N–C) groups is 1. The fraction of sp³-hybridized carbons (Fsp3) is 0.500. The van der Waals surface area contributed by atoms with E-state index in [9.17, 15) is 0 Å². The van der Waals surface area contributed by atoms with Crippen LogP contribution in [-0.2, 0) is 6.42 Å². The largest absolute Gasteiger partial charge is 0.356 e. The predicted octanol–water partition coefficient (Wildman–Crippen LogP) is 4.09. The Labute approximate surface area is 174 Å². The van der Waals surface area contributed by atoms with Gasteiger partial charge in [0.05, 0.1) is 11.4 Å². The summed E-state index contributed by atoms with van der Waals surface area (Å²) in [5.41, 5.74) is 3.51. The van der Waals surface area contributed by atoms with E-state index in [1.54, 1.807) is 0 Å². The Morgan fingerprint density at radius 1 is 1.08 bits per heavy atom. The van der Waals surface area contributed by atoms with Crippen molar-refractivity contribution in [1.29, 1.82) is 0 Å². The third kappa shape index (κ3) is 7.35. The number of unbranched alkanes of at least 4 members (excludes halogenated alkanes) is 2. The van der Waals surface area contributed by atoms with Crippen LogP contribution in [0.4, 0.5) is 0 Å². The lowest BCUT2D eigenvalue weighted by Crippen LogP contribution is -2.38. The van der Waals surface area contributed by atoms with E-state index in [2.05, 4.69) is 52.9 Å². The molecule has 1 heterocycles. The van der Waals surface area contributed by atoms with Crippen LogP contribution in [0.25, 0.3) is 5.69 Å². The second-order valence-corrected chi connectivity index (χ2v) is 6.26. The number of aromatic nitrogens is 2. The standard InChI is InChI=1S/C20H31N5.HI/c1-4-5-9-14-22-20(21-3)23-15-10-11-18-16-25(24-17(18)2)19-12-7-6-8-13-19;/h6-8,12-13,16H,4-5,9-11,14-15H2,1-3H3,(H2,21,22,23);1H. The average molecular weight is 469 g/mol. The highest BCUT2D eigenvalue weighted by Crippen LogP contribution is 2.13. The van der Waals surface area contributed by atoms with Crippen molar-refractivity contribution in [3.05, 3.63) is 47.8 Å². The van der Waals surface area contributed by atoms with Crippen LogP contribution in [0.1, 0.15) is 43.9 Å². The van der Waals surface area contributed by atoms with Crippen LogP contribution in [0.2, 0.25) is 0 Å². The number of nitrogens with zero attached hydrogens (tertiary/aromatic N) is 3.